The van der Waals surface area contributed by atoms with Gasteiger partial charge in [0.15, 0.2) is 0 Å². The molecule has 0 bridgehead atoms. The van der Waals surface area contributed by atoms with Crippen molar-refractivity contribution in [1.82, 2.24) is 4.90 Å². The number of hydrogen-bond donors (Lipinski definition) is 1. The highest BCUT2D eigenvalue weighted by Gasteiger charge is 2.58. The summed E-state index contributed by atoms with van der Waals surface area (Å²) < 4.78 is 18.9. The number of carbonyl (C=O) groups excluding carboxylic acids is 2. The number of ether oxygens (including phenoxy) is 1. The standard InChI is InChI=1S/C19H18FN3O3/c1-22-16-11-12(20)7-8-14(16)19(18(22)25)21-15-6-4-3-5-13(15)17(24)23(19)9-10-26-2/h3-8,11,21H,9-10H2,1-2H3. The molecule has 7 heteroatoms. The molecule has 2 aliphatic heterocycles. The van der Waals surface area contributed by atoms with Crippen LogP contribution in [0.1, 0.15) is 15.9 Å². The zero-order valence-electron chi connectivity index (χ0n) is 14.5. The third kappa shape index (κ3) is 2.07. The van der Waals surface area contributed by atoms with Gasteiger partial charge in [0.25, 0.3) is 11.8 Å². The molecule has 0 aliphatic carbocycles. The lowest BCUT2D eigenvalue weighted by Gasteiger charge is -2.44. The van der Waals surface area contributed by atoms with Gasteiger partial charge in [-0.05, 0) is 30.3 Å². The van der Waals surface area contributed by atoms with Crippen molar-refractivity contribution in [3.63, 3.8) is 0 Å². The second kappa shape index (κ2) is 5.81. The molecule has 134 valence electrons. The Morgan fingerprint density at radius 1 is 1.19 bits per heavy atom. The van der Waals surface area contributed by atoms with E-state index in [-0.39, 0.29) is 25.0 Å². The molecule has 2 aliphatic rings. The van der Waals surface area contributed by atoms with E-state index in [9.17, 15) is 14.0 Å². The number of rotatable bonds is 3. The molecule has 1 N–H and O–H groups in total. The molecule has 0 radical (unpaired) electrons. The Bertz CT molecular complexity index is 917. The second-order valence-corrected chi connectivity index (χ2v) is 6.36. The van der Waals surface area contributed by atoms with Crippen molar-refractivity contribution in [2.24, 2.45) is 0 Å². The van der Waals surface area contributed by atoms with Crippen molar-refractivity contribution in [1.29, 1.82) is 0 Å². The third-order valence-electron chi connectivity index (χ3n) is 4.97. The summed E-state index contributed by atoms with van der Waals surface area (Å²) in [5, 5.41) is 3.25. The van der Waals surface area contributed by atoms with Gasteiger partial charge in [-0.3, -0.25) is 9.59 Å². The summed E-state index contributed by atoms with van der Waals surface area (Å²) in [6.07, 6.45) is 0. The van der Waals surface area contributed by atoms with Crippen LogP contribution in [0.5, 0.6) is 0 Å². The summed E-state index contributed by atoms with van der Waals surface area (Å²) in [5.41, 5.74) is 0.634. The predicted octanol–water partition coefficient (Wildman–Crippen LogP) is 2.17. The van der Waals surface area contributed by atoms with Crippen LogP contribution in [0.2, 0.25) is 0 Å². The first-order valence-corrected chi connectivity index (χ1v) is 8.27. The highest BCUT2D eigenvalue weighted by Crippen LogP contribution is 2.47. The molecule has 26 heavy (non-hydrogen) atoms. The molecule has 1 spiro atoms. The summed E-state index contributed by atoms with van der Waals surface area (Å²) in [5.74, 6) is -1.04. The van der Waals surface area contributed by atoms with Crippen molar-refractivity contribution in [3.05, 3.63) is 59.4 Å². The van der Waals surface area contributed by atoms with E-state index in [4.69, 9.17) is 4.74 Å². The lowest BCUT2D eigenvalue weighted by molar-refractivity contribution is -0.127. The summed E-state index contributed by atoms with van der Waals surface area (Å²) in [6.45, 7) is 0.484. The molecule has 0 aromatic heterocycles. The van der Waals surface area contributed by atoms with Gasteiger partial charge in [-0.25, -0.2) is 4.39 Å². The Morgan fingerprint density at radius 2 is 1.96 bits per heavy atom. The fourth-order valence-corrected chi connectivity index (χ4v) is 3.73. The largest absolute Gasteiger partial charge is 0.383 e. The number of benzene rings is 2. The van der Waals surface area contributed by atoms with Gasteiger partial charge < -0.3 is 19.9 Å². The van der Waals surface area contributed by atoms with Crippen molar-refractivity contribution in [2.45, 2.75) is 5.66 Å². The molecule has 1 atom stereocenters. The average molecular weight is 355 g/mol. The molecule has 0 saturated carbocycles. The lowest BCUT2D eigenvalue weighted by Crippen LogP contribution is -2.62. The fourth-order valence-electron chi connectivity index (χ4n) is 3.73. The minimum atomic E-state index is -1.41. The van der Waals surface area contributed by atoms with E-state index in [1.807, 2.05) is 0 Å². The first-order valence-electron chi connectivity index (χ1n) is 8.27. The van der Waals surface area contributed by atoms with E-state index < -0.39 is 11.5 Å². The minimum Gasteiger partial charge on any atom is -0.383 e. The Kier molecular flexibility index (Phi) is 3.69. The van der Waals surface area contributed by atoms with Gasteiger partial charge in [0.1, 0.15) is 5.82 Å². The SMILES string of the molecule is COCCN1C(=O)c2ccccc2NC12C(=O)N(C)c1cc(F)ccc12. The van der Waals surface area contributed by atoms with Gasteiger partial charge in [-0.1, -0.05) is 12.1 Å². The zero-order valence-corrected chi connectivity index (χ0v) is 14.5. The lowest BCUT2D eigenvalue weighted by atomic mass is 9.93. The molecule has 0 fully saturated rings. The zero-order chi connectivity index (χ0) is 18.5. The smallest absolute Gasteiger partial charge is 0.278 e. The predicted molar refractivity (Wildman–Crippen MR) is 94.5 cm³/mol. The number of nitrogens with zero attached hydrogens (tertiary/aromatic N) is 2. The first-order chi connectivity index (χ1) is 12.5. The number of hydrogen-bond acceptors (Lipinski definition) is 4. The minimum absolute atomic E-state index is 0.215. The van der Waals surface area contributed by atoms with Gasteiger partial charge in [0.05, 0.1) is 17.9 Å². The van der Waals surface area contributed by atoms with Crippen LogP contribution in [-0.2, 0) is 15.2 Å². The number of fused-ring (bicyclic) bond motifs is 3. The number of carbonyl (C=O) groups is 2. The van der Waals surface area contributed by atoms with E-state index in [1.165, 1.54) is 29.0 Å². The van der Waals surface area contributed by atoms with Crippen LogP contribution < -0.4 is 10.2 Å². The van der Waals surface area contributed by atoms with Gasteiger partial charge in [0.2, 0.25) is 5.66 Å². The van der Waals surface area contributed by atoms with Crippen LogP contribution in [0.15, 0.2) is 42.5 Å². The van der Waals surface area contributed by atoms with Gasteiger partial charge >= 0.3 is 0 Å². The van der Waals surface area contributed by atoms with Gasteiger partial charge in [0, 0.05) is 32.0 Å². The molecular weight excluding hydrogens is 337 g/mol. The molecule has 2 aromatic rings. The number of halogens is 1. The van der Waals surface area contributed by atoms with Crippen molar-refractivity contribution in [3.8, 4) is 0 Å². The Labute approximate surface area is 150 Å². The maximum Gasteiger partial charge on any atom is 0.278 e. The monoisotopic (exact) mass is 355 g/mol. The van der Waals surface area contributed by atoms with E-state index in [2.05, 4.69) is 5.32 Å². The van der Waals surface area contributed by atoms with Crippen molar-refractivity contribution < 1.29 is 18.7 Å². The molecule has 2 heterocycles. The molecule has 2 amide bonds. The highest BCUT2D eigenvalue weighted by atomic mass is 19.1. The normalized spacial score (nSPS) is 21.0. The Morgan fingerprint density at radius 3 is 2.73 bits per heavy atom. The molecule has 1 unspecified atom stereocenters. The van der Waals surface area contributed by atoms with Crippen LogP contribution in [0.25, 0.3) is 0 Å². The fraction of sp³-hybridized carbons (Fsp3) is 0.263. The van der Waals surface area contributed by atoms with Gasteiger partial charge in [-0.2, -0.15) is 0 Å². The van der Waals surface area contributed by atoms with Crippen LogP contribution in [-0.4, -0.2) is 44.0 Å². The molecule has 2 aromatic carbocycles. The summed E-state index contributed by atoms with van der Waals surface area (Å²) in [7, 11) is 3.12. The Balaban J connectivity index is 1.96. The number of amides is 2. The quantitative estimate of drug-likeness (QED) is 0.917. The van der Waals surface area contributed by atoms with E-state index in [0.717, 1.165) is 0 Å². The number of nitrogens with one attached hydrogen (secondary N) is 1. The number of para-hydroxylation sites is 1. The highest BCUT2D eigenvalue weighted by molar-refractivity contribution is 6.15. The van der Waals surface area contributed by atoms with E-state index in [0.29, 0.717) is 22.5 Å². The average Bonchev–Trinajstić information content (AvgIpc) is 2.84. The summed E-state index contributed by atoms with van der Waals surface area (Å²) >= 11 is 0. The van der Waals surface area contributed by atoms with Gasteiger partial charge in [-0.15, -0.1) is 0 Å². The van der Waals surface area contributed by atoms with Crippen LogP contribution >= 0.6 is 0 Å². The van der Waals surface area contributed by atoms with Crippen LogP contribution in [0.3, 0.4) is 0 Å². The molecular formula is C19H18FN3O3. The number of likely N-dealkylation sites (N-methyl/N-ethyl adjacent to an activating group) is 1. The second-order valence-electron chi connectivity index (χ2n) is 6.36. The molecule has 4 rings (SSSR count). The van der Waals surface area contributed by atoms with Crippen molar-refractivity contribution in [2.75, 3.05) is 37.5 Å². The number of anilines is 2. The first kappa shape index (κ1) is 16.5. The maximum absolute atomic E-state index is 13.8. The van der Waals surface area contributed by atoms with E-state index >= 15 is 0 Å². The van der Waals surface area contributed by atoms with Crippen LogP contribution in [0.4, 0.5) is 15.8 Å². The van der Waals surface area contributed by atoms with Crippen molar-refractivity contribution >= 4 is 23.2 Å². The van der Waals surface area contributed by atoms with Crippen LogP contribution in [0, 0.1) is 5.82 Å². The molecule has 6 nitrogen and oxygen atoms in total. The van der Waals surface area contributed by atoms with E-state index in [1.54, 1.807) is 37.4 Å². The summed E-state index contributed by atoms with van der Waals surface area (Å²) in [4.78, 5) is 29.3. The third-order valence-corrected chi connectivity index (χ3v) is 4.97. The number of methoxy groups -OCH3 is 1. The Hall–Kier alpha value is -2.93. The summed E-state index contributed by atoms with van der Waals surface area (Å²) in [6, 6.07) is 11.2. The molecule has 0 saturated heterocycles. The maximum atomic E-state index is 13.8. The topological polar surface area (TPSA) is 61.9 Å².